The van der Waals surface area contributed by atoms with Crippen molar-refractivity contribution in [2.45, 2.75) is 19.6 Å². The number of hydrogen-bond donors (Lipinski definition) is 1. The molecular weight excluding hydrogens is 364 g/mol. The van der Waals surface area contributed by atoms with Crippen molar-refractivity contribution >= 4 is 33.2 Å². The van der Waals surface area contributed by atoms with Crippen molar-refractivity contribution in [1.29, 1.82) is 0 Å². The molecule has 21 heavy (non-hydrogen) atoms. The van der Waals surface area contributed by atoms with Gasteiger partial charge in [-0.3, -0.25) is 0 Å². The van der Waals surface area contributed by atoms with Crippen LogP contribution in [0.2, 0.25) is 5.02 Å². The van der Waals surface area contributed by atoms with E-state index in [9.17, 15) is 8.78 Å². The summed E-state index contributed by atoms with van der Waals surface area (Å²) >= 11 is 9.50. The van der Waals surface area contributed by atoms with Crippen LogP contribution >= 0.6 is 27.5 Å². The van der Waals surface area contributed by atoms with E-state index in [0.717, 1.165) is 15.7 Å². The normalized spacial score (nSPS) is 12.3. The number of alkyl halides is 2. The molecule has 0 aliphatic heterocycles. The first-order chi connectivity index (χ1) is 9.95. The maximum Gasteiger partial charge on any atom is 0.387 e. The summed E-state index contributed by atoms with van der Waals surface area (Å²) in [6.07, 6.45) is 0. The summed E-state index contributed by atoms with van der Waals surface area (Å²) in [5, 5.41) is 3.88. The molecule has 0 amide bonds. The van der Waals surface area contributed by atoms with E-state index in [4.69, 9.17) is 11.6 Å². The first-order valence-corrected chi connectivity index (χ1v) is 7.39. The minimum atomic E-state index is -2.81. The molecule has 1 N–H and O–H groups in total. The van der Waals surface area contributed by atoms with Gasteiger partial charge in [0.25, 0.3) is 0 Å². The van der Waals surface area contributed by atoms with E-state index in [0.29, 0.717) is 5.02 Å². The molecule has 2 aromatic rings. The van der Waals surface area contributed by atoms with Gasteiger partial charge in [0.2, 0.25) is 0 Å². The van der Waals surface area contributed by atoms with Gasteiger partial charge >= 0.3 is 6.61 Å². The highest BCUT2D eigenvalue weighted by atomic mass is 79.9. The van der Waals surface area contributed by atoms with Gasteiger partial charge in [0, 0.05) is 10.5 Å². The molecule has 0 spiro atoms. The predicted octanol–water partition coefficient (Wildman–Crippen LogP) is 5.88. The second-order valence-electron chi connectivity index (χ2n) is 4.44. The lowest BCUT2D eigenvalue weighted by atomic mass is 10.1. The van der Waals surface area contributed by atoms with Gasteiger partial charge in [0.05, 0.1) is 10.7 Å². The van der Waals surface area contributed by atoms with Crippen LogP contribution in [0, 0.1) is 0 Å². The second-order valence-corrected chi connectivity index (χ2v) is 5.76. The number of benzene rings is 2. The van der Waals surface area contributed by atoms with Crippen LogP contribution in [0.15, 0.2) is 46.9 Å². The molecule has 0 bridgehead atoms. The fourth-order valence-corrected chi connectivity index (χ4v) is 2.59. The van der Waals surface area contributed by atoms with Gasteiger partial charge in [0.15, 0.2) is 0 Å². The number of halogens is 4. The van der Waals surface area contributed by atoms with Crippen molar-refractivity contribution in [3.8, 4) is 5.75 Å². The van der Waals surface area contributed by atoms with Crippen molar-refractivity contribution in [2.75, 3.05) is 5.32 Å². The Morgan fingerprint density at radius 2 is 1.81 bits per heavy atom. The molecular formula is C15H13BrClF2NO. The summed E-state index contributed by atoms with van der Waals surface area (Å²) in [5.41, 5.74) is 1.75. The topological polar surface area (TPSA) is 21.3 Å². The first-order valence-electron chi connectivity index (χ1n) is 6.22. The van der Waals surface area contributed by atoms with Crippen molar-refractivity contribution in [2.24, 2.45) is 0 Å². The van der Waals surface area contributed by atoms with E-state index >= 15 is 0 Å². The molecule has 1 unspecified atom stereocenters. The van der Waals surface area contributed by atoms with Crippen LogP contribution in [0.4, 0.5) is 14.5 Å². The number of rotatable bonds is 5. The molecule has 0 aromatic heterocycles. The van der Waals surface area contributed by atoms with E-state index in [2.05, 4.69) is 26.0 Å². The highest BCUT2D eigenvalue weighted by Gasteiger charge is 2.09. The minimum absolute atomic E-state index is 0.0238. The highest BCUT2D eigenvalue weighted by molar-refractivity contribution is 9.10. The van der Waals surface area contributed by atoms with Crippen LogP contribution in [-0.2, 0) is 0 Å². The van der Waals surface area contributed by atoms with Crippen molar-refractivity contribution in [3.63, 3.8) is 0 Å². The van der Waals surface area contributed by atoms with Crippen LogP contribution in [0.3, 0.4) is 0 Å². The Labute approximate surface area is 135 Å². The Morgan fingerprint density at radius 3 is 2.38 bits per heavy atom. The largest absolute Gasteiger partial charge is 0.435 e. The molecule has 0 heterocycles. The quantitative estimate of drug-likeness (QED) is 0.704. The van der Waals surface area contributed by atoms with Gasteiger partial charge in [-0.2, -0.15) is 8.78 Å². The van der Waals surface area contributed by atoms with E-state index in [1.165, 1.54) is 12.1 Å². The molecule has 0 saturated carbocycles. The average Bonchev–Trinajstić information content (AvgIpc) is 2.42. The van der Waals surface area contributed by atoms with Crippen molar-refractivity contribution < 1.29 is 13.5 Å². The molecule has 2 rings (SSSR count). The highest BCUT2D eigenvalue weighted by Crippen LogP contribution is 2.29. The van der Waals surface area contributed by atoms with Crippen molar-refractivity contribution in [1.82, 2.24) is 0 Å². The molecule has 112 valence electrons. The summed E-state index contributed by atoms with van der Waals surface area (Å²) in [6.45, 7) is -0.852. The van der Waals surface area contributed by atoms with Crippen LogP contribution in [0.1, 0.15) is 18.5 Å². The van der Waals surface area contributed by atoms with Crippen molar-refractivity contribution in [3.05, 3.63) is 57.5 Å². The van der Waals surface area contributed by atoms with Crippen LogP contribution in [0.25, 0.3) is 0 Å². The van der Waals surface area contributed by atoms with Gasteiger partial charge in [-0.05, 0) is 42.8 Å². The SMILES string of the molecule is CC(Nc1ccc(Br)cc1Cl)c1ccc(OC(F)F)cc1. The summed E-state index contributed by atoms with van der Waals surface area (Å²) in [7, 11) is 0. The lowest BCUT2D eigenvalue weighted by molar-refractivity contribution is -0.0498. The first kappa shape index (κ1) is 16.0. The van der Waals surface area contributed by atoms with Gasteiger partial charge < -0.3 is 10.1 Å². The molecule has 0 saturated heterocycles. The molecule has 0 aliphatic rings. The zero-order valence-electron chi connectivity index (χ0n) is 11.1. The average molecular weight is 377 g/mol. The van der Waals surface area contributed by atoms with Gasteiger partial charge in [-0.1, -0.05) is 39.7 Å². The lowest BCUT2D eigenvalue weighted by Crippen LogP contribution is -2.07. The molecule has 0 fully saturated rings. The maximum absolute atomic E-state index is 12.1. The molecule has 2 aromatic carbocycles. The second kappa shape index (κ2) is 7.09. The van der Waals surface area contributed by atoms with Crippen LogP contribution < -0.4 is 10.1 Å². The number of nitrogens with one attached hydrogen (secondary N) is 1. The zero-order valence-corrected chi connectivity index (χ0v) is 13.5. The Kier molecular flexibility index (Phi) is 5.42. The predicted molar refractivity (Wildman–Crippen MR) is 84.3 cm³/mol. The molecule has 0 radical (unpaired) electrons. The van der Waals surface area contributed by atoms with Gasteiger partial charge in [-0.15, -0.1) is 0 Å². The van der Waals surface area contributed by atoms with E-state index < -0.39 is 6.61 Å². The summed E-state index contributed by atoms with van der Waals surface area (Å²) in [5.74, 6) is 0.141. The van der Waals surface area contributed by atoms with Gasteiger partial charge in [-0.25, -0.2) is 0 Å². The number of anilines is 1. The molecule has 6 heteroatoms. The summed E-state index contributed by atoms with van der Waals surface area (Å²) < 4.78 is 29.4. The fourth-order valence-electron chi connectivity index (χ4n) is 1.86. The lowest BCUT2D eigenvalue weighted by Gasteiger charge is -2.17. The Morgan fingerprint density at radius 1 is 1.14 bits per heavy atom. The van der Waals surface area contributed by atoms with E-state index in [1.54, 1.807) is 18.2 Å². The summed E-state index contributed by atoms with van der Waals surface area (Å²) in [4.78, 5) is 0. The number of ether oxygens (including phenoxy) is 1. The van der Waals surface area contributed by atoms with Gasteiger partial charge in [0.1, 0.15) is 5.75 Å². The Bertz CT molecular complexity index is 607. The maximum atomic E-state index is 12.1. The molecule has 1 atom stereocenters. The Hall–Kier alpha value is -1.33. The zero-order chi connectivity index (χ0) is 15.4. The van der Waals surface area contributed by atoms with Crippen LogP contribution in [-0.4, -0.2) is 6.61 Å². The molecule has 2 nitrogen and oxygen atoms in total. The number of hydrogen-bond acceptors (Lipinski definition) is 2. The smallest absolute Gasteiger partial charge is 0.387 e. The fraction of sp³-hybridized carbons (Fsp3) is 0.200. The van der Waals surface area contributed by atoms with E-state index in [-0.39, 0.29) is 11.8 Å². The third-order valence-electron chi connectivity index (χ3n) is 2.91. The van der Waals surface area contributed by atoms with Crippen LogP contribution in [0.5, 0.6) is 5.75 Å². The monoisotopic (exact) mass is 375 g/mol. The summed E-state index contributed by atoms with van der Waals surface area (Å²) in [6, 6.07) is 12.0. The third-order valence-corrected chi connectivity index (χ3v) is 3.71. The molecule has 0 aliphatic carbocycles. The third kappa shape index (κ3) is 4.58. The standard InChI is InChI=1S/C15H13BrClF2NO/c1-9(20-14-7-4-11(16)8-13(14)17)10-2-5-12(6-3-10)21-15(18)19/h2-9,15,20H,1H3. The Balaban J connectivity index is 2.07. The minimum Gasteiger partial charge on any atom is -0.435 e. The van der Waals surface area contributed by atoms with E-state index in [1.807, 2.05) is 19.1 Å².